The highest BCUT2D eigenvalue weighted by Gasteiger charge is 2.07. The lowest BCUT2D eigenvalue weighted by molar-refractivity contribution is -0.139. The lowest BCUT2D eigenvalue weighted by Crippen LogP contribution is -1.94. The summed E-state index contributed by atoms with van der Waals surface area (Å²) in [6.07, 6.45) is 0. The molecule has 1 rings (SSSR count). The van der Waals surface area contributed by atoms with Gasteiger partial charge < -0.3 is 4.74 Å². The van der Waals surface area contributed by atoms with Crippen LogP contribution < -0.4 is 0 Å². The van der Waals surface area contributed by atoms with Crippen LogP contribution in [0.2, 0.25) is 0 Å². The Morgan fingerprint density at radius 2 is 2.38 bits per heavy atom. The van der Waals surface area contributed by atoms with Gasteiger partial charge in [-0.15, -0.1) is 10.2 Å². The molecule has 71 valence electrons. The minimum Gasteiger partial charge on any atom is -0.377 e. The first-order valence-electron chi connectivity index (χ1n) is 3.36. The fraction of sp³-hybridized carbons (Fsp3) is 0.500. The molecule has 5 nitrogen and oxygen atoms in total. The molecule has 0 aliphatic rings. The van der Waals surface area contributed by atoms with Crippen LogP contribution in [0.1, 0.15) is 5.01 Å². The second-order valence-corrected chi connectivity index (χ2v) is 4.34. The van der Waals surface area contributed by atoms with Crippen molar-refractivity contribution in [3.8, 4) is 0 Å². The van der Waals surface area contributed by atoms with Gasteiger partial charge in [0.25, 0.3) is 0 Å². The molecule has 0 unspecified atom stereocenters. The number of carbonyl (C=O) groups is 1. The van der Waals surface area contributed by atoms with Crippen LogP contribution in [0.4, 0.5) is 0 Å². The molecule has 7 heteroatoms. The van der Waals surface area contributed by atoms with E-state index in [1.807, 2.05) is 0 Å². The van der Waals surface area contributed by atoms with Crippen LogP contribution in [0.15, 0.2) is 4.34 Å². The zero-order chi connectivity index (χ0) is 9.68. The van der Waals surface area contributed by atoms with Crippen molar-refractivity contribution in [2.24, 2.45) is 0 Å². The molecule has 0 aliphatic carbocycles. The topological polar surface area (TPSA) is 72.0 Å². The highest BCUT2D eigenvalue weighted by molar-refractivity contribution is 8.01. The Morgan fingerprint density at radius 1 is 1.62 bits per heavy atom. The normalized spacial score (nSPS) is 10.2. The lowest BCUT2D eigenvalue weighted by atomic mass is 10.8. The van der Waals surface area contributed by atoms with Gasteiger partial charge in [0.2, 0.25) is 0 Å². The molecule has 1 radical (unpaired) electrons. The van der Waals surface area contributed by atoms with Crippen LogP contribution in [0.3, 0.4) is 0 Å². The molecule has 1 aromatic rings. The van der Waals surface area contributed by atoms with Crippen molar-refractivity contribution in [1.29, 1.82) is 0 Å². The van der Waals surface area contributed by atoms with Crippen LogP contribution in [0, 0.1) is 0 Å². The Morgan fingerprint density at radius 3 is 3.00 bits per heavy atom. The number of rotatable bonds is 5. The predicted octanol–water partition coefficient (Wildman–Crippen LogP) is 0.734. The number of thioether (sulfide) groups is 1. The summed E-state index contributed by atoms with van der Waals surface area (Å²) in [5.74, 6) is -1.20. The van der Waals surface area contributed by atoms with Gasteiger partial charge in [-0.3, -0.25) is 0 Å². The van der Waals surface area contributed by atoms with Crippen LogP contribution in [-0.2, 0) is 21.2 Å². The molecule has 0 bridgehead atoms. The van der Waals surface area contributed by atoms with Gasteiger partial charge in [-0.25, -0.2) is 9.90 Å². The van der Waals surface area contributed by atoms with E-state index in [1.165, 1.54) is 11.3 Å². The maximum absolute atomic E-state index is 10.1. The number of carbonyl (C=O) groups excluding carboxylic acids is 1. The molecule has 13 heavy (non-hydrogen) atoms. The molecule has 0 fully saturated rings. The van der Waals surface area contributed by atoms with Crippen LogP contribution in [-0.4, -0.2) is 29.0 Å². The average molecular weight is 219 g/mol. The van der Waals surface area contributed by atoms with Crippen molar-refractivity contribution in [2.75, 3.05) is 12.9 Å². The number of hydrogen-bond acceptors (Lipinski definition) is 6. The molecule has 0 saturated carbocycles. The van der Waals surface area contributed by atoms with Gasteiger partial charge in [0.05, 0.1) is 6.61 Å². The van der Waals surface area contributed by atoms with E-state index in [0.717, 1.165) is 16.8 Å². The van der Waals surface area contributed by atoms with Crippen molar-refractivity contribution in [1.82, 2.24) is 10.2 Å². The van der Waals surface area contributed by atoms with Crippen LogP contribution in [0.25, 0.3) is 0 Å². The van der Waals surface area contributed by atoms with Crippen molar-refractivity contribution in [2.45, 2.75) is 10.9 Å². The molecular weight excluding hydrogens is 212 g/mol. The van der Waals surface area contributed by atoms with Gasteiger partial charge in [0.15, 0.2) is 4.34 Å². The first-order chi connectivity index (χ1) is 6.22. The largest absolute Gasteiger partial charge is 0.377 e. The summed E-state index contributed by atoms with van der Waals surface area (Å²) in [7, 11) is 1.56. The quantitative estimate of drug-likeness (QED) is 0.683. The Labute approximate surface area is 83.1 Å². The fourth-order valence-corrected chi connectivity index (χ4v) is 2.18. The van der Waals surface area contributed by atoms with Crippen LogP contribution >= 0.6 is 23.1 Å². The molecule has 0 N–H and O–H groups in total. The minimum atomic E-state index is -1.10. The van der Waals surface area contributed by atoms with E-state index in [0.29, 0.717) is 10.9 Å². The van der Waals surface area contributed by atoms with E-state index < -0.39 is 5.97 Å². The van der Waals surface area contributed by atoms with E-state index >= 15 is 0 Å². The van der Waals surface area contributed by atoms with Gasteiger partial charge in [-0.1, -0.05) is 23.1 Å². The molecule has 0 aliphatic heterocycles. The Balaban J connectivity index is 2.44. The SMILES string of the molecule is COCc1nnc(SCC([O])=O)s1. The summed E-state index contributed by atoms with van der Waals surface area (Å²) in [4.78, 5) is 10.1. The third-order valence-corrected chi connectivity index (χ3v) is 3.03. The van der Waals surface area contributed by atoms with Gasteiger partial charge in [0, 0.05) is 7.11 Å². The molecule has 1 aromatic heterocycles. The Hall–Kier alpha value is -0.660. The number of aromatic nitrogens is 2. The average Bonchev–Trinajstić information content (AvgIpc) is 2.50. The molecule has 0 aromatic carbocycles. The molecule has 1 heterocycles. The summed E-state index contributed by atoms with van der Waals surface area (Å²) in [5.41, 5.74) is 0. The minimum absolute atomic E-state index is 0.0956. The van der Waals surface area contributed by atoms with Crippen molar-refractivity contribution in [3.05, 3.63) is 5.01 Å². The first-order valence-corrected chi connectivity index (χ1v) is 5.16. The first kappa shape index (κ1) is 10.4. The number of ether oxygens (including phenoxy) is 1. The molecule has 0 spiro atoms. The predicted molar refractivity (Wildman–Crippen MR) is 47.0 cm³/mol. The van der Waals surface area contributed by atoms with E-state index in [2.05, 4.69) is 10.2 Å². The Kier molecular flexibility index (Phi) is 4.13. The van der Waals surface area contributed by atoms with Gasteiger partial charge in [-0.05, 0) is 0 Å². The summed E-state index contributed by atoms with van der Waals surface area (Å²) < 4.78 is 5.46. The van der Waals surface area contributed by atoms with E-state index in [1.54, 1.807) is 7.11 Å². The third kappa shape index (κ3) is 3.71. The van der Waals surface area contributed by atoms with E-state index in [9.17, 15) is 9.90 Å². The third-order valence-electron chi connectivity index (χ3n) is 1.03. The zero-order valence-electron chi connectivity index (χ0n) is 6.85. The molecule has 0 saturated heterocycles. The van der Waals surface area contributed by atoms with Crippen molar-refractivity contribution < 1.29 is 14.6 Å². The van der Waals surface area contributed by atoms with Crippen molar-refractivity contribution in [3.63, 3.8) is 0 Å². The number of nitrogens with zero attached hydrogens (tertiary/aromatic N) is 2. The number of methoxy groups -OCH3 is 1. The number of hydrogen-bond donors (Lipinski definition) is 0. The monoisotopic (exact) mass is 219 g/mol. The highest BCUT2D eigenvalue weighted by atomic mass is 32.2. The lowest BCUT2D eigenvalue weighted by Gasteiger charge is -1.88. The van der Waals surface area contributed by atoms with Gasteiger partial charge >= 0.3 is 5.97 Å². The summed E-state index contributed by atoms with van der Waals surface area (Å²) in [5, 5.41) is 18.4. The molecular formula is C6H7N2O3S2. The second-order valence-electron chi connectivity index (χ2n) is 2.06. The molecule has 0 amide bonds. The summed E-state index contributed by atoms with van der Waals surface area (Å²) >= 11 is 2.43. The second kappa shape index (κ2) is 5.15. The maximum atomic E-state index is 10.1. The van der Waals surface area contributed by atoms with Gasteiger partial charge in [0.1, 0.15) is 10.8 Å². The fourth-order valence-electron chi connectivity index (χ4n) is 0.599. The maximum Gasteiger partial charge on any atom is 0.365 e. The zero-order valence-corrected chi connectivity index (χ0v) is 8.48. The van der Waals surface area contributed by atoms with Crippen molar-refractivity contribution >= 4 is 29.1 Å². The van der Waals surface area contributed by atoms with Crippen LogP contribution in [0.5, 0.6) is 0 Å². The summed E-state index contributed by atoms with van der Waals surface area (Å²) in [6, 6.07) is 0. The smallest absolute Gasteiger partial charge is 0.365 e. The van der Waals surface area contributed by atoms with Gasteiger partial charge in [-0.2, -0.15) is 0 Å². The van der Waals surface area contributed by atoms with E-state index in [4.69, 9.17) is 4.74 Å². The van der Waals surface area contributed by atoms with E-state index in [-0.39, 0.29) is 5.75 Å². The standard InChI is InChI=1S/C6H7N2O3S2/c1-11-2-4-7-8-6(13-4)12-3-5(9)10/h2-3H2,1H3. The summed E-state index contributed by atoms with van der Waals surface area (Å²) in [6.45, 7) is 0.406. The highest BCUT2D eigenvalue weighted by Crippen LogP contribution is 2.22. The Bertz CT molecular complexity index is 289. The molecule has 0 atom stereocenters.